The van der Waals surface area contributed by atoms with Crippen LogP contribution in [0.4, 0.5) is 0 Å². The summed E-state index contributed by atoms with van der Waals surface area (Å²) in [6.45, 7) is 27.5. The van der Waals surface area contributed by atoms with Crippen molar-refractivity contribution in [2.45, 2.75) is 78.0 Å². The van der Waals surface area contributed by atoms with E-state index in [0.29, 0.717) is 22.6 Å². The van der Waals surface area contributed by atoms with E-state index in [9.17, 15) is 0 Å². The fraction of sp³-hybridized carbons (Fsp3) is 0.385. The first kappa shape index (κ1) is 33.1. The van der Waals surface area contributed by atoms with Crippen molar-refractivity contribution in [3.8, 4) is 22.3 Å². The molecule has 4 rings (SSSR count). The van der Waals surface area contributed by atoms with E-state index < -0.39 is 22.4 Å². The third-order valence-corrected chi connectivity index (χ3v) is 24.2. The molecule has 0 bridgehead atoms. The first-order valence-corrected chi connectivity index (χ1v) is 22.2. The van der Waals surface area contributed by atoms with Gasteiger partial charge < -0.3 is 0 Å². The quantitative estimate of drug-likeness (QED) is 0.156. The Morgan fingerprint density at radius 2 is 0.738 bits per heavy atom. The van der Waals surface area contributed by atoms with Gasteiger partial charge >= 0.3 is 0 Å². The van der Waals surface area contributed by atoms with Gasteiger partial charge in [-0.3, -0.25) is 0 Å². The first-order chi connectivity index (χ1) is 19.8. The molecule has 0 spiro atoms. The first-order valence-electron chi connectivity index (χ1n) is 15.7. The summed E-state index contributed by atoms with van der Waals surface area (Å²) in [4.78, 5) is 0. The van der Waals surface area contributed by atoms with Crippen molar-refractivity contribution in [3.63, 3.8) is 0 Å². The van der Waals surface area contributed by atoms with Crippen LogP contribution >= 0.6 is 22.4 Å². The summed E-state index contributed by atoms with van der Waals surface area (Å²) in [5, 5.41) is 6.48. The van der Waals surface area contributed by atoms with Crippen LogP contribution in [0, 0.1) is 0 Å². The minimum atomic E-state index is -1.45. The second kappa shape index (κ2) is 13.4. The average molecular weight is 615 g/mol. The Kier molecular flexibility index (Phi) is 10.6. The fourth-order valence-corrected chi connectivity index (χ4v) is 16.9. The van der Waals surface area contributed by atoms with Crippen molar-refractivity contribution < 1.29 is 0 Å². The van der Waals surface area contributed by atoms with Gasteiger partial charge in [-0.25, -0.2) is 0 Å². The molecule has 0 aliphatic carbocycles. The predicted octanol–water partition coefficient (Wildman–Crippen LogP) is 10.3. The van der Waals surface area contributed by atoms with Gasteiger partial charge in [-0.15, -0.1) is 0 Å². The van der Waals surface area contributed by atoms with E-state index in [1.807, 2.05) is 0 Å². The molecule has 0 heterocycles. The molecule has 0 nitrogen and oxygen atoms in total. The standard InChI is InChI=1S/C39H53P3/c1-28(2)41(10,29(3)4)38-26-34(32-18-14-12-15-19-32)22-24-36(38)40(9)37-25-23-35(33-20-16-13-17-21-33)27-39(37)42(11,30(5)6)31(7)8/h12-31H,1-11H3/q+2. The van der Waals surface area contributed by atoms with E-state index in [-0.39, 0.29) is 0 Å². The molecule has 0 amide bonds. The van der Waals surface area contributed by atoms with Crippen molar-refractivity contribution in [1.29, 1.82) is 0 Å². The molecule has 0 radical (unpaired) electrons. The molecule has 42 heavy (non-hydrogen) atoms. The van der Waals surface area contributed by atoms with Gasteiger partial charge in [0.2, 0.25) is 0 Å². The van der Waals surface area contributed by atoms with Crippen LogP contribution in [-0.4, -0.2) is 42.6 Å². The summed E-state index contributed by atoms with van der Waals surface area (Å²) in [6, 6.07) is 36.9. The Morgan fingerprint density at radius 3 is 1.02 bits per heavy atom. The summed E-state index contributed by atoms with van der Waals surface area (Å²) >= 11 is 0. The lowest BCUT2D eigenvalue weighted by Gasteiger charge is -2.36. The number of benzene rings is 4. The normalized spacial score (nSPS) is 12.8. The largest absolute Gasteiger partial charge is 0.103 e. The van der Waals surface area contributed by atoms with Crippen LogP contribution in [0.25, 0.3) is 22.3 Å². The number of hydrogen-bond acceptors (Lipinski definition) is 0. The number of hydrogen-bond donors (Lipinski definition) is 0. The second-order valence-corrected chi connectivity index (χ2v) is 25.1. The maximum Gasteiger partial charge on any atom is 0.103 e. The van der Waals surface area contributed by atoms with Crippen molar-refractivity contribution >= 4 is 43.7 Å². The number of rotatable bonds is 10. The maximum absolute atomic E-state index is 2.62. The summed E-state index contributed by atoms with van der Waals surface area (Å²) in [5.74, 6) is 0. The Bertz CT molecular complexity index is 1340. The summed E-state index contributed by atoms with van der Waals surface area (Å²) in [6.07, 6.45) is 0. The topological polar surface area (TPSA) is 0 Å². The van der Waals surface area contributed by atoms with Crippen molar-refractivity contribution in [2.24, 2.45) is 0 Å². The highest BCUT2D eigenvalue weighted by Gasteiger charge is 2.47. The Balaban J connectivity index is 2.00. The third kappa shape index (κ3) is 6.21. The minimum Gasteiger partial charge on any atom is -0.0622 e. The van der Waals surface area contributed by atoms with Crippen LogP contribution in [0.3, 0.4) is 0 Å². The highest BCUT2D eigenvalue weighted by molar-refractivity contribution is 7.88. The fourth-order valence-electron chi connectivity index (χ4n) is 6.44. The highest BCUT2D eigenvalue weighted by Crippen LogP contribution is 2.64. The molecule has 0 aromatic heterocycles. The molecule has 0 fully saturated rings. The summed E-state index contributed by atoms with van der Waals surface area (Å²) in [7, 11) is -3.45. The monoisotopic (exact) mass is 614 g/mol. The molecular formula is C39H53P3+2. The predicted molar refractivity (Wildman–Crippen MR) is 201 cm³/mol. The lowest BCUT2D eigenvalue weighted by Crippen LogP contribution is -2.39. The van der Waals surface area contributed by atoms with Crippen molar-refractivity contribution in [1.82, 2.24) is 0 Å². The van der Waals surface area contributed by atoms with Crippen LogP contribution < -0.4 is 21.2 Å². The molecule has 0 N–H and O–H groups in total. The molecule has 0 saturated heterocycles. The van der Waals surface area contributed by atoms with Crippen LogP contribution in [0.5, 0.6) is 0 Å². The summed E-state index contributed by atoms with van der Waals surface area (Å²) in [5.41, 5.74) is 7.87. The van der Waals surface area contributed by atoms with Crippen molar-refractivity contribution in [2.75, 3.05) is 20.0 Å². The van der Waals surface area contributed by atoms with Crippen LogP contribution in [0.2, 0.25) is 0 Å². The molecule has 3 heteroatoms. The molecular weight excluding hydrogens is 561 g/mol. The van der Waals surface area contributed by atoms with E-state index >= 15 is 0 Å². The van der Waals surface area contributed by atoms with E-state index in [0.717, 1.165) is 0 Å². The average Bonchev–Trinajstić information content (AvgIpc) is 2.99. The SMILES string of the molecule is CC(C)[P+](C)(c1cc(-c2ccccc2)ccc1P(C)c1ccc(-c2ccccc2)cc1[P+](C)(C(C)C)C(C)C)C(C)C. The zero-order chi connectivity index (χ0) is 30.8. The lowest BCUT2D eigenvalue weighted by molar-refractivity contribution is 0.999. The van der Waals surface area contributed by atoms with E-state index in [4.69, 9.17) is 0 Å². The molecule has 0 aliphatic heterocycles. The van der Waals surface area contributed by atoms with E-state index in [2.05, 4.69) is 172 Å². The summed E-state index contributed by atoms with van der Waals surface area (Å²) < 4.78 is 0. The van der Waals surface area contributed by atoms with Gasteiger partial charge in [-0.05, 0) is 116 Å². The van der Waals surface area contributed by atoms with Gasteiger partial charge in [0.25, 0.3) is 0 Å². The van der Waals surface area contributed by atoms with Gasteiger partial charge in [-0.2, -0.15) is 0 Å². The minimum absolute atomic E-state index is 0.547. The van der Waals surface area contributed by atoms with E-state index in [1.54, 1.807) is 21.2 Å². The molecule has 0 saturated carbocycles. The van der Waals surface area contributed by atoms with Gasteiger partial charge in [-0.1, -0.05) is 72.8 Å². The third-order valence-electron chi connectivity index (χ3n) is 10.2. The van der Waals surface area contributed by atoms with Crippen molar-refractivity contribution in [3.05, 3.63) is 97.1 Å². The second-order valence-electron chi connectivity index (χ2n) is 13.4. The van der Waals surface area contributed by atoms with Gasteiger partial charge in [0.15, 0.2) is 0 Å². The van der Waals surface area contributed by atoms with Gasteiger partial charge in [0.1, 0.15) is 10.6 Å². The Hall–Kier alpha value is -1.83. The van der Waals surface area contributed by atoms with Gasteiger partial charge in [0.05, 0.1) is 36.0 Å². The molecule has 222 valence electrons. The van der Waals surface area contributed by atoms with E-state index in [1.165, 1.54) is 22.3 Å². The van der Waals surface area contributed by atoms with Crippen LogP contribution in [-0.2, 0) is 0 Å². The Labute approximate surface area is 260 Å². The molecule has 4 aromatic carbocycles. The smallest absolute Gasteiger partial charge is 0.0622 e. The molecule has 0 unspecified atom stereocenters. The Morgan fingerprint density at radius 1 is 0.429 bits per heavy atom. The zero-order valence-corrected chi connectivity index (χ0v) is 30.6. The molecule has 0 aliphatic rings. The lowest BCUT2D eigenvalue weighted by atomic mass is 10.1. The molecule has 0 atom stereocenters. The van der Waals surface area contributed by atoms with Crippen LogP contribution in [0.1, 0.15) is 55.4 Å². The zero-order valence-electron chi connectivity index (χ0n) is 27.9. The highest BCUT2D eigenvalue weighted by atomic mass is 31.2. The maximum atomic E-state index is 2.62. The van der Waals surface area contributed by atoms with Gasteiger partial charge in [0, 0.05) is 25.1 Å². The van der Waals surface area contributed by atoms with Crippen LogP contribution in [0.15, 0.2) is 97.1 Å². The molecule has 4 aromatic rings.